The fraction of sp³-hybridized carbons (Fsp3) is 0.161. The Morgan fingerprint density at radius 2 is 1.59 bits per heavy atom. The number of Topliss-reactive ketones (excluding diaryl/α,β-unsaturated/α-hetero) is 1. The lowest BCUT2D eigenvalue weighted by molar-refractivity contribution is -0.140. The minimum Gasteiger partial charge on any atom is -0.507 e. The van der Waals surface area contributed by atoms with E-state index in [4.69, 9.17) is 9.47 Å². The lowest BCUT2D eigenvalue weighted by Crippen LogP contribution is -2.29. The molecule has 1 amide bonds. The van der Waals surface area contributed by atoms with E-state index in [0.29, 0.717) is 29.2 Å². The molecule has 1 atom stereocenters. The predicted molar refractivity (Wildman–Crippen MR) is 142 cm³/mol. The van der Waals surface area contributed by atoms with Gasteiger partial charge in [-0.25, -0.2) is 0 Å². The van der Waals surface area contributed by atoms with Gasteiger partial charge in [-0.15, -0.1) is 0 Å². The van der Waals surface area contributed by atoms with Crippen LogP contribution < -0.4 is 9.47 Å². The summed E-state index contributed by atoms with van der Waals surface area (Å²) in [6.07, 6.45) is 0. The molecule has 1 fully saturated rings. The van der Waals surface area contributed by atoms with Crippen molar-refractivity contribution < 1.29 is 24.2 Å². The number of hydrogen-bond acceptors (Lipinski definition) is 5. The second-order valence-electron chi connectivity index (χ2n) is 8.77. The zero-order valence-electron chi connectivity index (χ0n) is 20.7. The first-order valence-electron chi connectivity index (χ1n) is 12.1. The highest BCUT2D eigenvalue weighted by Crippen LogP contribution is 2.42. The van der Waals surface area contributed by atoms with Crippen LogP contribution in [0.4, 0.5) is 0 Å². The van der Waals surface area contributed by atoms with Crippen molar-refractivity contribution >= 4 is 28.2 Å². The number of nitrogens with zero attached hydrogens (tertiary/aromatic N) is 1. The summed E-state index contributed by atoms with van der Waals surface area (Å²) in [5.74, 6) is -0.298. The second kappa shape index (κ2) is 10.2. The highest BCUT2D eigenvalue weighted by atomic mass is 16.5. The first-order valence-corrected chi connectivity index (χ1v) is 12.1. The Hall–Kier alpha value is -4.58. The smallest absolute Gasteiger partial charge is 0.295 e. The number of aliphatic hydroxyl groups excluding tert-OH is 1. The first-order chi connectivity index (χ1) is 18.0. The van der Waals surface area contributed by atoms with E-state index in [-0.39, 0.29) is 17.9 Å². The van der Waals surface area contributed by atoms with Gasteiger partial charge in [0.25, 0.3) is 11.7 Å². The lowest BCUT2D eigenvalue weighted by Gasteiger charge is -2.26. The molecule has 4 aromatic carbocycles. The number of benzene rings is 4. The number of ketones is 1. The molecule has 1 unspecified atom stereocenters. The molecule has 0 radical (unpaired) electrons. The molecule has 1 heterocycles. The van der Waals surface area contributed by atoms with Crippen LogP contribution in [0, 0.1) is 0 Å². The zero-order chi connectivity index (χ0) is 25.9. The standard InChI is InChI=1S/C31H27NO5/c1-3-37-23-17-15-21(16-18-23)28-27(29(33)25-13-8-11-20-9-4-6-12-24(20)25)30(34)31(35)32(28)19-22-10-5-7-14-26(22)36-2/h4-18,28,33H,3,19H2,1-2H3/b29-27-. The van der Waals surface area contributed by atoms with E-state index >= 15 is 0 Å². The fourth-order valence-electron chi connectivity index (χ4n) is 4.90. The van der Waals surface area contributed by atoms with Gasteiger partial charge in [0.2, 0.25) is 0 Å². The summed E-state index contributed by atoms with van der Waals surface area (Å²) < 4.78 is 11.1. The van der Waals surface area contributed by atoms with Gasteiger partial charge in [0.05, 0.1) is 31.9 Å². The third-order valence-electron chi connectivity index (χ3n) is 6.62. The summed E-state index contributed by atoms with van der Waals surface area (Å²) in [4.78, 5) is 28.4. The van der Waals surface area contributed by atoms with Crippen LogP contribution in [0.25, 0.3) is 16.5 Å². The fourth-order valence-corrected chi connectivity index (χ4v) is 4.90. The third kappa shape index (κ3) is 4.42. The Morgan fingerprint density at radius 1 is 0.892 bits per heavy atom. The van der Waals surface area contributed by atoms with E-state index in [2.05, 4.69) is 0 Å². The topological polar surface area (TPSA) is 76.1 Å². The van der Waals surface area contributed by atoms with Crippen molar-refractivity contribution in [3.05, 3.63) is 113 Å². The van der Waals surface area contributed by atoms with Crippen LogP contribution in [-0.2, 0) is 16.1 Å². The molecule has 186 valence electrons. The van der Waals surface area contributed by atoms with Crippen LogP contribution in [0.15, 0.2) is 96.6 Å². The van der Waals surface area contributed by atoms with Crippen molar-refractivity contribution in [1.29, 1.82) is 0 Å². The number of likely N-dealkylation sites (tertiary alicyclic amines) is 1. The summed E-state index contributed by atoms with van der Waals surface area (Å²) >= 11 is 0. The largest absolute Gasteiger partial charge is 0.507 e. The molecular weight excluding hydrogens is 466 g/mol. The van der Waals surface area contributed by atoms with E-state index in [1.807, 2.05) is 79.7 Å². The predicted octanol–water partition coefficient (Wildman–Crippen LogP) is 5.87. The van der Waals surface area contributed by atoms with Gasteiger partial charge in [0.1, 0.15) is 17.3 Å². The molecule has 0 bridgehead atoms. The van der Waals surface area contributed by atoms with Gasteiger partial charge in [0, 0.05) is 11.1 Å². The second-order valence-corrected chi connectivity index (χ2v) is 8.77. The van der Waals surface area contributed by atoms with E-state index in [1.165, 1.54) is 4.90 Å². The van der Waals surface area contributed by atoms with Gasteiger partial charge < -0.3 is 19.5 Å². The normalized spacial score (nSPS) is 16.8. The van der Waals surface area contributed by atoms with Crippen LogP contribution in [0.2, 0.25) is 0 Å². The summed E-state index contributed by atoms with van der Waals surface area (Å²) in [6, 6.07) is 27.0. The Morgan fingerprint density at radius 3 is 2.35 bits per heavy atom. The molecule has 5 rings (SSSR count). The number of hydrogen-bond donors (Lipinski definition) is 1. The van der Waals surface area contributed by atoms with E-state index in [1.54, 1.807) is 25.3 Å². The van der Waals surface area contributed by atoms with Crippen LogP contribution in [0.5, 0.6) is 11.5 Å². The third-order valence-corrected chi connectivity index (χ3v) is 6.62. The highest BCUT2D eigenvalue weighted by molar-refractivity contribution is 6.46. The molecule has 1 N–H and O–H groups in total. The molecule has 0 aliphatic carbocycles. The van der Waals surface area contributed by atoms with E-state index in [9.17, 15) is 14.7 Å². The minimum absolute atomic E-state index is 0.0559. The van der Waals surface area contributed by atoms with Crippen molar-refractivity contribution in [2.45, 2.75) is 19.5 Å². The van der Waals surface area contributed by atoms with Gasteiger partial charge >= 0.3 is 0 Å². The molecule has 6 nitrogen and oxygen atoms in total. The summed E-state index contributed by atoms with van der Waals surface area (Å²) in [7, 11) is 1.57. The van der Waals surface area contributed by atoms with Crippen molar-refractivity contribution in [1.82, 2.24) is 4.90 Å². The van der Waals surface area contributed by atoms with Crippen LogP contribution in [0.1, 0.15) is 29.7 Å². The highest BCUT2D eigenvalue weighted by Gasteiger charge is 2.46. The average molecular weight is 494 g/mol. The maximum Gasteiger partial charge on any atom is 0.295 e. The molecule has 6 heteroatoms. The van der Waals surface area contributed by atoms with Gasteiger partial charge in [-0.3, -0.25) is 9.59 Å². The van der Waals surface area contributed by atoms with Crippen LogP contribution in [0.3, 0.4) is 0 Å². The number of amides is 1. The maximum atomic E-state index is 13.5. The molecule has 1 aliphatic rings. The van der Waals surface area contributed by atoms with Crippen molar-refractivity contribution in [3.8, 4) is 11.5 Å². The Labute approximate surface area is 215 Å². The molecule has 37 heavy (non-hydrogen) atoms. The Balaban J connectivity index is 1.68. The summed E-state index contributed by atoms with van der Waals surface area (Å²) in [5, 5.41) is 13.3. The molecule has 1 saturated heterocycles. The Kier molecular flexibility index (Phi) is 6.64. The van der Waals surface area contributed by atoms with Crippen LogP contribution in [-0.4, -0.2) is 35.4 Å². The van der Waals surface area contributed by atoms with E-state index < -0.39 is 17.7 Å². The minimum atomic E-state index is -0.792. The number of carbonyl (C=O) groups excluding carboxylic acids is 2. The van der Waals surface area contributed by atoms with Crippen molar-refractivity contribution in [3.63, 3.8) is 0 Å². The van der Waals surface area contributed by atoms with Crippen molar-refractivity contribution in [2.75, 3.05) is 13.7 Å². The molecule has 4 aromatic rings. The summed E-state index contributed by atoms with van der Waals surface area (Å²) in [5.41, 5.74) is 2.01. The van der Waals surface area contributed by atoms with Crippen LogP contribution >= 0.6 is 0 Å². The number of carbonyl (C=O) groups is 2. The van der Waals surface area contributed by atoms with E-state index in [0.717, 1.165) is 16.3 Å². The van der Waals surface area contributed by atoms with Crippen molar-refractivity contribution in [2.24, 2.45) is 0 Å². The first kappa shape index (κ1) is 24.1. The average Bonchev–Trinajstić information content (AvgIpc) is 3.18. The molecule has 0 saturated carbocycles. The molecule has 1 aliphatic heterocycles. The maximum absolute atomic E-state index is 13.5. The number of ether oxygens (including phenoxy) is 2. The number of methoxy groups -OCH3 is 1. The van der Waals surface area contributed by atoms with Gasteiger partial charge in [-0.2, -0.15) is 0 Å². The van der Waals surface area contributed by atoms with Gasteiger partial charge in [-0.1, -0.05) is 72.8 Å². The Bertz CT molecular complexity index is 1500. The van der Waals surface area contributed by atoms with Gasteiger partial charge in [0.15, 0.2) is 0 Å². The molecular formula is C31H27NO5. The molecule has 0 aromatic heterocycles. The molecule has 0 spiro atoms. The SMILES string of the molecule is CCOc1ccc(C2/C(=C(/O)c3cccc4ccccc34)C(=O)C(=O)N2Cc2ccccc2OC)cc1. The number of rotatable bonds is 7. The van der Waals surface area contributed by atoms with Gasteiger partial charge in [-0.05, 0) is 41.5 Å². The monoisotopic (exact) mass is 493 g/mol. The lowest BCUT2D eigenvalue weighted by atomic mass is 9.93. The number of aliphatic hydroxyl groups is 1. The zero-order valence-corrected chi connectivity index (χ0v) is 20.7. The number of para-hydroxylation sites is 1. The quantitative estimate of drug-likeness (QED) is 0.198. The number of fused-ring (bicyclic) bond motifs is 1. The summed E-state index contributed by atoms with van der Waals surface area (Å²) in [6.45, 7) is 2.56.